The zero-order chi connectivity index (χ0) is 20.2. The van der Waals surface area contributed by atoms with Crippen LogP contribution in [0.2, 0.25) is 0 Å². The summed E-state index contributed by atoms with van der Waals surface area (Å²) >= 11 is 0. The van der Waals surface area contributed by atoms with Crippen LogP contribution in [0.5, 0.6) is 0 Å². The highest BCUT2D eigenvalue weighted by atomic mass is 16.3. The molecule has 1 aliphatic rings. The van der Waals surface area contributed by atoms with Crippen molar-refractivity contribution in [1.29, 1.82) is 5.26 Å². The molecule has 3 aromatic rings. The summed E-state index contributed by atoms with van der Waals surface area (Å²) < 4.78 is 5.18. The van der Waals surface area contributed by atoms with Gasteiger partial charge in [-0.2, -0.15) is 5.26 Å². The monoisotopic (exact) mass is 385 g/mol. The van der Waals surface area contributed by atoms with Crippen LogP contribution in [0, 0.1) is 11.3 Å². The lowest BCUT2D eigenvalue weighted by atomic mass is 9.95. The minimum absolute atomic E-state index is 0.0987. The van der Waals surface area contributed by atoms with E-state index < -0.39 is 0 Å². The summed E-state index contributed by atoms with van der Waals surface area (Å²) in [7, 11) is 0. The molecule has 1 aromatic heterocycles. The number of nitriles is 1. The van der Waals surface area contributed by atoms with Crippen molar-refractivity contribution in [2.24, 2.45) is 0 Å². The van der Waals surface area contributed by atoms with Crippen LogP contribution in [0.4, 0.5) is 0 Å². The molecule has 2 amide bonds. The van der Waals surface area contributed by atoms with Gasteiger partial charge in [-0.3, -0.25) is 9.59 Å². The lowest BCUT2D eigenvalue weighted by Crippen LogP contribution is -2.50. The van der Waals surface area contributed by atoms with Crippen LogP contribution in [0.1, 0.15) is 26.5 Å². The van der Waals surface area contributed by atoms with Crippen molar-refractivity contribution in [3.8, 4) is 17.2 Å². The van der Waals surface area contributed by atoms with Crippen LogP contribution in [0.25, 0.3) is 11.1 Å². The average Bonchev–Trinajstić information content (AvgIpc) is 3.33. The van der Waals surface area contributed by atoms with E-state index in [0.717, 1.165) is 11.1 Å². The molecule has 1 fully saturated rings. The molecule has 0 radical (unpaired) electrons. The van der Waals surface area contributed by atoms with Gasteiger partial charge in [0.15, 0.2) is 5.76 Å². The van der Waals surface area contributed by atoms with Crippen LogP contribution in [0.15, 0.2) is 71.3 Å². The highest BCUT2D eigenvalue weighted by Crippen LogP contribution is 2.28. The quantitative estimate of drug-likeness (QED) is 0.692. The smallest absolute Gasteiger partial charge is 0.289 e. The Morgan fingerprint density at radius 2 is 1.41 bits per heavy atom. The third-order valence-corrected chi connectivity index (χ3v) is 5.08. The number of hydrogen-bond donors (Lipinski definition) is 0. The number of benzene rings is 2. The van der Waals surface area contributed by atoms with Crippen molar-refractivity contribution < 1.29 is 14.0 Å². The average molecular weight is 385 g/mol. The molecule has 0 bridgehead atoms. The SMILES string of the molecule is N#Cc1ccccc1-c1ccccc1C(=O)N1CCN(C(=O)c2ccco2)CC1. The first-order valence-corrected chi connectivity index (χ1v) is 9.39. The summed E-state index contributed by atoms with van der Waals surface area (Å²) in [6.45, 7) is 1.78. The predicted octanol–water partition coefficient (Wildman–Crippen LogP) is 3.42. The Hall–Kier alpha value is -3.85. The van der Waals surface area contributed by atoms with Gasteiger partial charge in [-0.25, -0.2) is 0 Å². The first-order chi connectivity index (χ1) is 14.2. The Kier molecular flexibility index (Phi) is 5.12. The molecule has 29 heavy (non-hydrogen) atoms. The maximum atomic E-state index is 13.2. The molecule has 0 saturated carbocycles. The number of hydrogen-bond acceptors (Lipinski definition) is 4. The van der Waals surface area contributed by atoms with E-state index in [9.17, 15) is 14.9 Å². The minimum Gasteiger partial charge on any atom is -0.459 e. The zero-order valence-electron chi connectivity index (χ0n) is 15.7. The fourth-order valence-corrected chi connectivity index (χ4v) is 3.56. The van der Waals surface area contributed by atoms with Gasteiger partial charge in [-0.1, -0.05) is 36.4 Å². The van der Waals surface area contributed by atoms with Gasteiger partial charge in [0.25, 0.3) is 11.8 Å². The van der Waals surface area contributed by atoms with Gasteiger partial charge in [0, 0.05) is 37.3 Å². The van der Waals surface area contributed by atoms with Gasteiger partial charge in [-0.05, 0) is 29.8 Å². The van der Waals surface area contributed by atoms with Crippen molar-refractivity contribution in [1.82, 2.24) is 9.80 Å². The second kappa shape index (κ2) is 8.03. The third kappa shape index (κ3) is 3.63. The maximum absolute atomic E-state index is 13.2. The van der Waals surface area contributed by atoms with Crippen LogP contribution in [-0.4, -0.2) is 47.8 Å². The Morgan fingerprint density at radius 3 is 2.07 bits per heavy atom. The molecule has 0 N–H and O–H groups in total. The lowest BCUT2D eigenvalue weighted by molar-refractivity contribution is 0.0518. The van der Waals surface area contributed by atoms with Gasteiger partial charge < -0.3 is 14.2 Å². The Morgan fingerprint density at radius 1 is 0.793 bits per heavy atom. The van der Waals surface area contributed by atoms with Crippen molar-refractivity contribution >= 4 is 11.8 Å². The summed E-state index contributed by atoms with van der Waals surface area (Å²) in [5, 5.41) is 9.43. The van der Waals surface area contributed by atoms with Gasteiger partial charge in [0.2, 0.25) is 0 Å². The number of rotatable bonds is 3. The third-order valence-electron chi connectivity index (χ3n) is 5.08. The molecule has 0 spiro atoms. The van der Waals surface area contributed by atoms with E-state index in [0.29, 0.717) is 43.1 Å². The fraction of sp³-hybridized carbons (Fsp3) is 0.174. The van der Waals surface area contributed by atoms with E-state index >= 15 is 0 Å². The molecule has 1 aliphatic heterocycles. The summed E-state index contributed by atoms with van der Waals surface area (Å²) in [6, 6.07) is 20.1. The molecular formula is C23H19N3O3. The topological polar surface area (TPSA) is 77.5 Å². The Bertz CT molecular complexity index is 1070. The number of piperazine rings is 1. The van der Waals surface area contributed by atoms with E-state index in [2.05, 4.69) is 6.07 Å². The number of carbonyl (C=O) groups is 2. The fourth-order valence-electron chi connectivity index (χ4n) is 3.56. The lowest BCUT2D eigenvalue weighted by Gasteiger charge is -2.34. The van der Waals surface area contributed by atoms with Gasteiger partial charge in [0.1, 0.15) is 0 Å². The van der Waals surface area contributed by atoms with E-state index in [1.807, 2.05) is 36.4 Å². The second-order valence-electron chi connectivity index (χ2n) is 6.76. The first-order valence-electron chi connectivity index (χ1n) is 9.39. The number of furan rings is 1. The first kappa shape index (κ1) is 18.5. The highest BCUT2D eigenvalue weighted by Gasteiger charge is 2.27. The molecule has 6 heteroatoms. The molecule has 4 rings (SSSR count). The minimum atomic E-state index is -0.162. The Balaban J connectivity index is 1.53. The summed E-state index contributed by atoms with van der Waals surface area (Å²) in [5.74, 6) is 0.0483. The largest absolute Gasteiger partial charge is 0.459 e. The summed E-state index contributed by atoms with van der Waals surface area (Å²) in [4.78, 5) is 29.1. The van der Waals surface area contributed by atoms with Gasteiger partial charge >= 0.3 is 0 Å². The Labute approximate surface area is 168 Å². The molecule has 0 unspecified atom stereocenters. The molecule has 144 valence electrons. The normalized spacial score (nSPS) is 13.8. The number of carbonyl (C=O) groups excluding carboxylic acids is 2. The molecule has 1 saturated heterocycles. The molecule has 2 heterocycles. The van der Waals surface area contributed by atoms with Gasteiger partial charge in [0.05, 0.1) is 17.9 Å². The van der Waals surface area contributed by atoms with Crippen molar-refractivity contribution in [2.45, 2.75) is 0 Å². The standard InChI is InChI=1S/C23H19N3O3/c24-16-17-6-1-2-7-18(17)19-8-3-4-9-20(19)22(27)25-11-13-26(14-12-25)23(28)21-10-5-15-29-21/h1-10,15H,11-14H2. The van der Waals surface area contributed by atoms with E-state index in [4.69, 9.17) is 4.42 Å². The van der Waals surface area contributed by atoms with Crippen LogP contribution < -0.4 is 0 Å². The predicted molar refractivity (Wildman–Crippen MR) is 107 cm³/mol. The second-order valence-corrected chi connectivity index (χ2v) is 6.76. The van der Waals surface area contributed by atoms with Crippen LogP contribution in [0.3, 0.4) is 0 Å². The van der Waals surface area contributed by atoms with E-state index in [-0.39, 0.29) is 11.8 Å². The number of nitrogens with zero attached hydrogens (tertiary/aromatic N) is 3. The molecule has 2 aromatic carbocycles. The molecular weight excluding hydrogens is 366 g/mol. The maximum Gasteiger partial charge on any atom is 0.289 e. The van der Waals surface area contributed by atoms with Crippen LogP contribution >= 0.6 is 0 Å². The summed E-state index contributed by atoms with van der Waals surface area (Å²) in [5.41, 5.74) is 2.57. The molecule has 0 aliphatic carbocycles. The van der Waals surface area contributed by atoms with E-state index in [1.165, 1.54) is 6.26 Å². The van der Waals surface area contributed by atoms with Crippen LogP contribution in [-0.2, 0) is 0 Å². The van der Waals surface area contributed by atoms with Crippen molar-refractivity contribution in [3.05, 3.63) is 83.8 Å². The molecule has 6 nitrogen and oxygen atoms in total. The highest BCUT2D eigenvalue weighted by molar-refractivity contribution is 6.01. The summed E-state index contributed by atoms with van der Waals surface area (Å²) in [6.07, 6.45) is 1.48. The molecule has 0 atom stereocenters. The van der Waals surface area contributed by atoms with Crippen molar-refractivity contribution in [2.75, 3.05) is 26.2 Å². The van der Waals surface area contributed by atoms with Crippen molar-refractivity contribution in [3.63, 3.8) is 0 Å². The van der Waals surface area contributed by atoms with Gasteiger partial charge in [-0.15, -0.1) is 0 Å². The van der Waals surface area contributed by atoms with E-state index in [1.54, 1.807) is 34.1 Å². The zero-order valence-corrected chi connectivity index (χ0v) is 15.7. The number of amides is 2.